The summed E-state index contributed by atoms with van der Waals surface area (Å²) < 4.78 is 4.64. The molecule has 0 atom stereocenters. The van der Waals surface area contributed by atoms with Gasteiger partial charge < -0.3 is 14.6 Å². The van der Waals surface area contributed by atoms with Crippen molar-refractivity contribution < 1.29 is 9.53 Å². The number of aromatic nitrogens is 1. The zero-order valence-electron chi connectivity index (χ0n) is 12.0. The van der Waals surface area contributed by atoms with E-state index >= 15 is 0 Å². The van der Waals surface area contributed by atoms with Gasteiger partial charge in [0.25, 0.3) is 0 Å². The van der Waals surface area contributed by atoms with Crippen molar-refractivity contribution in [2.75, 3.05) is 25.1 Å². The third-order valence-electron chi connectivity index (χ3n) is 3.94. The maximum atomic E-state index is 12.2. The molecule has 0 bridgehead atoms. The van der Waals surface area contributed by atoms with Crippen molar-refractivity contribution in [2.45, 2.75) is 19.3 Å². The smallest absolute Gasteiger partial charge is 0.354 e. The number of fused-ring (bicyclic) bond motifs is 1. The molecule has 110 valence electrons. The lowest BCUT2D eigenvalue weighted by atomic mass is 10.1. The van der Waals surface area contributed by atoms with Gasteiger partial charge in [0.15, 0.2) is 5.43 Å². The molecule has 0 amide bonds. The van der Waals surface area contributed by atoms with Crippen LogP contribution in [0.5, 0.6) is 0 Å². The Balaban J connectivity index is 2.04. The summed E-state index contributed by atoms with van der Waals surface area (Å²) in [6.45, 7) is 2.06. The maximum Gasteiger partial charge on any atom is 0.354 e. The first kappa shape index (κ1) is 13.7. The number of rotatable bonds is 2. The Morgan fingerprint density at radius 1 is 1.19 bits per heavy atom. The van der Waals surface area contributed by atoms with Crippen LogP contribution in [0.1, 0.15) is 29.8 Å². The van der Waals surface area contributed by atoms with Gasteiger partial charge in [0.2, 0.25) is 0 Å². The van der Waals surface area contributed by atoms with Gasteiger partial charge in [-0.25, -0.2) is 4.79 Å². The van der Waals surface area contributed by atoms with E-state index in [2.05, 4.69) is 14.6 Å². The van der Waals surface area contributed by atoms with E-state index in [1.165, 1.54) is 32.4 Å². The molecule has 1 aliphatic heterocycles. The number of esters is 1. The Labute approximate surface area is 122 Å². The minimum Gasteiger partial charge on any atom is -0.464 e. The molecule has 1 saturated heterocycles. The lowest BCUT2D eigenvalue weighted by Crippen LogP contribution is -2.29. The number of pyridine rings is 1. The van der Waals surface area contributed by atoms with E-state index in [0.29, 0.717) is 10.9 Å². The van der Waals surface area contributed by atoms with Gasteiger partial charge >= 0.3 is 5.97 Å². The van der Waals surface area contributed by atoms with Crippen LogP contribution in [0, 0.1) is 0 Å². The average molecular weight is 286 g/mol. The topological polar surface area (TPSA) is 62.4 Å². The first-order valence-electron chi connectivity index (χ1n) is 7.19. The highest BCUT2D eigenvalue weighted by atomic mass is 16.5. The predicted molar refractivity (Wildman–Crippen MR) is 82.0 cm³/mol. The van der Waals surface area contributed by atoms with Crippen LogP contribution in [0.4, 0.5) is 5.69 Å². The molecule has 1 aromatic carbocycles. The minimum atomic E-state index is -0.533. The van der Waals surface area contributed by atoms with E-state index in [9.17, 15) is 9.59 Å². The number of aromatic amines is 1. The molecule has 5 nitrogen and oxygen atoms in total. The summed E-state index contributed by atoms with van der Waals surface area (Å²) in [4.78, 5) is 29.0. The summed E-state index contributed by atoms with van der Waals surface area (Å²) in [5.41, 5.74) is 1.74. The number of hydrogen-bond donors (Lipinski definition) is 1. The highest BCUT2D eigenvalue weighted by Gasteiger charge is 2.14. The van der Waals surface area contributed by atoms with Gasteiger partial charge in [0.1, 0.15) is 5.69 Å². The van der Waals surface area contributed by atoms with Crippen LogP contribution in [0.3, 0.4) is 0 Å². The summed E-state index contributed by atoms with van der Waals surface area (Å²) in [6, 6.07) is 7.05. The van der Waals surface area contributed by atoms with Crippen molar-refractivity contribution in [1.29, 1.82) is 0 Å². The number of nitrogens with zero attached hydrogens (tertiary/aromatic N) is 1. The molecule has 0 spiro atoms. The van der Waals surface area contributed by atoms with Gasteiger partial charge in [-0.05, 0) is 37.5 Å². The number of benzene rings is 1. The largest absolute Gasteiger partial charge is 0.464 e. The van der Waals surface area contributed by atoms with E-state index in [4.69, 9.17) is 0 Å². The lowest BCUT2D eigenvalue weighted by Gasteiger charge is -2.28. The molecule has 0 saturated carbocycles. The summed E-state index contributed by atoms with van der Waals surface area (Å²) in [7, 11) is 1.30. The fourth-order valence-corrected chi connectivity index (χ4v) is 2.80. The first-order chi connectivity index (χ1) is 10.2. The van der Waals surface area contributed by atoms with E-state index < -0.39 is 5.97 Å². The second-order valence-corrected chi connectivity index (χ2v) is 5.32. The summed E-state index contributed by atoms with van der Waals surface area (Å²) in [6.07, 6.45) is 3.65. The van der Waals surface area contributed by atoms with E-state index in [-0.39, 0.29) is 11.1 Å². The highest BCUT2D eigenvalue weighted by Crippen LogP contribution is 2.22. The van der Waals surface area contributed by atoms with E-state index in [1.807, 2.05) is 18.2 Å². The number of carbonyl (C=O) groups excluding carboxylic acids is 1. The quantitative estimate of drug-likeness (QED) is 0.861. The standard InChI is InChI=1S/C16H18N2O3/c1-21-16(20)14-10-15(19)12-9-11(5-6-13(12)17-14)18-7-3-2-4-8-18/h5-6,9-10H,2-4,7-8H2,1H3,(H,17,19). The molecule has 0 radical (unpaired) electrons. The normalized spacial score (nSPS) is 15.2. The second kappa shape index (κ2) is 5.60. The van der Waals surface area contributed by atoms with Gasteiger partial charge in [-0.3, -0.25) is 4.79 Å². The number of hydrogen-bond acceptors (Lipinski definition) is 4. The van der Waals surface area contributed by atoms with Gasteiger partial charge in [-0.1, -0.05) is 0 Å². The number of H-pyrrole nitrogens is 1. The molecule has 1 aromatic heterocycles. The Bertz CT molecular complexity index is 730. The Kier molecular flexibility index (Phi) is 3.64. The molecule has 1 fully saturated rings. The summed E-state index contributed by atoms with van der Waals surface area (Å²) in [5.74, 6) is -0.533. The summed E-state index contributed by atoms with van der Waals surface area (Å²) in [5, 5.41) is 0.603. The van der Waals surface area contributed by atoms with Gasteiger partial charge in [-0.15, -0.1) is 0 Å². The minimum absolute atomic E-state index is 0.164. The van der Waals surface area contributed by atoms with Gasteiger partial charge in [0, 0.05) is 30.2 Å². The molecule has 5 heteroatoms. The van der Waals surface area contributed by atoms with Crippen LogP contribution in [-0.2, 0) is 4.74 Å². The average Bonchev–Trinajstić information content (AvgIpc) is 2.54. The predicted octanol–water partition coefficient (Wildman–Crippen LogP) is 2.30. The molecule has 1 aliphatic rings. The molecule has 21 heavy (non-hydrogen) atoms. The second-order valence-electron chi connectivity index (χ2n) is 5.32. The fourth-order valence-electron chi connectivity index (χ4n) is 2.80. The summed E-state index contributed by atoms with van der Waals surface area (Å²) >= 11 is 0. The van der Waals surface area contributed by atoms with Crippen molar-refractivity contribution in [3.8, 4) is 0 Å². The van der Waals surface area contributed by atoms with Crippen molar-refractivity contribution >= 4 is 22.6 Å². The Morgan fingerprint density at radius 3 is 2.67 bits per heavy atom. The molecule has 2 aromatic rings. The third kappa shape index (κ3) is 2.63. The molecular formula is C16H18N2O3. The first-order valence-corrected chi connectivity index (χ1v) is 7.19. The number of nitrogens with one attached hydrogen (secondary N) is 1. The number of carbonyl (C=O) groups is 1. The molecular weight excluding hydrogens is 268 g/mol. The Morgan fingerprint density at radius 2 is 1.95 bits per heavy atom. The third-order valence-corrected chi connectivity index (χ3v) is 3.94. The SMILES string of the molecule is COC(=O)c1cc(=O)c2cc(N3CCCCC3)ccc2[nH]1. The van der Waals surface area contributed by atoms with Crippen LogP contribution >= 0.6 is 0 Å². The van der Waals surface area contributed by atoms with E-state index in [1.54, 1.807) is 0 Å². The number of methoxy groups -OCH3 is 1. The fraction of sp³-hybridized carbons (Fsp3) is 0.375. The monoisotopic (exact) mass is 286 g/mol. The van der Waals surface area contributed by atoms with Gasteiger partial charge in [0.05, 0.1) is 12.6 Å². The highest BCUT2D eigenvalue weighted by molar-refractivity contribution is 5.91. The zero-order valence-corrected chi connectivity index (χ0v) is 12.0. The van der Waals surface area contributed by atoms with E-state index in [0.717, 1.165) is 18.8 Å². The van der Waals surface area contributed by atoms with Gasteiger partial charge in [-0.2, -0.15) is 0 Å². The van der Waals surface area contributed by atoms with Crippen LogP contribution in [-0.4, -0.2) is 31.2 Å². The number of ether oxygens (including phenoxy) is 1. The molecule has 0 unspecified atom stereocenters. The molecule has 3 rings (SSSR count). The number of piperidine rings is 1. The van der Waals surface area contributed by atoms with Crippen LogP contribution in [0.15, 0.2) is 29.1 Å². The van der Waals surface area contributed by atoms with Crippen LogP contribution in [0.25, 0.3) is 10.9 Å². The van der Waals surface area contributed by atoms with Crippen molar-refractivity contribution in [1.82, 2.24) is 4.98 Å². The molecule has 2 heterocycles. The van der Waals surface area contributed by atoms with Crippen LogP contribution < -0.4 is 10.3 Å². The van der Waals surface area contributed by atoms with Crippen molar-refractivity contribution in [3.63, 3.8) is 0 Å². The molecule has 0 aliphatic carbocycles. The Hall–Kier alpha value is -2.30. The lowest BCUT2D eigenvalue weighted by molar-refractivity contribution is 0.0594. The van der Waals surface area contributed by atoms with Crippen molar-refractivity contribution in [3.05, 3.63) is 40.2 Å². The number of anilines is 1. The maximum absolute atomic E-state index is 12.2. The van der Waals surface area contributed by atoms with Crippen molar-refractivity contribution in [2.24, 2.45) is 0 Å². The molecule has 1 N–H and O–H groups in total. The van der Waals surface area contributed by atoms with Crippen LogP contribution in [0.2, 0.25) is 0 Å². The zero-order chi connectivity index (χ0) is 14.8.